The van der Waals surface area contributed by atoms with Gasteiger partial charge in [0.25, 0.3) is 0 Å². The van der Waals surface area contributed by atoms with Gasteiger partial charge >= 0.3 is 12.1 Å². The number of hydrogen-bond donors (Lipinski definition) is 1. The molecule has 1 saturated heterocycles. The number of likely N-dealkylation sites (tertiary alicyclic amines) is 1. The van der Waals surface area contributed by atoms with Gasteiger partial charge in [-0.15, -0.1) is 0 Å². The maximum Gasteiger partial charge on any atom is 0.411 e. The summed E-state index contributed by atoms with van der Waals surface area (Å²) in [5.74, 6) is -1.70. The topological polar surface area (TPSA) is 66.8 Å². The van der Waals surface area contributed by atoms with E-state index in [1.807, 2.05) is 0 Å². The Balaban J connectivity index is 2.74. The molecule has 1 fully saturated rings. The van der Waals surface area contributed by atoms with Gasteiger partial charge in [0.15, 0.2) is 0 Å². The highest BCUT2D eigenvalue weighted by molar-refractivity contribution is 5.80. The minimum atomic E-state index is -2.50. The van der Waals surface area contributed by atoms with Crippen LogP contribution in [0.4, 0.5) is 13.6 Å². The van der Waals surface area contributed by atoms with Crippen LogP contribution in [0.25, 0.3) is 0 Å². The van der Waals surface area contributed by atoms with Gasteiger partial charge in [-0.3, -0.25) is 4.90 Å². The van der Waals surface area contributed by atoms with Crippen molar-refractivity contribution in [1.82, 2.24) is 4.90 Å². The predicted molar refractivity (Wildman–Crippen MR) is 63.1 cm³/mol. The third kappa shape index (κ3) is 4.65. The molecule has 0 bridgehead atoms. The van der Waals surface area contributed by atoms with Crippen molar-refractivity contribution in [3.8, 4) is 0 Å². The van der Waals surface area contributed by atoms with Crippen LogP contribution < -0.4 is 0 Å². The lowest BCUT2D eigenvalue weighted by molar-refractivity contribution is -0.142. The number of aliphatic carboxylic acids is 1. The van der Waals surface area contributed by atoms with Crippen LogP contribution in [-0.2, 0) is 9.53 Å². The molecule has 0 aromatic heterocycles. The molecule has 0 saturated carbocycles. The van der Waals surface area contributed by atoms with Crippen molar-refractivity contribution < 1.29 is 28.2 Å². The Labute approximate surface area is 110 Å². The lowest BCUT2D eigenvalue weighted by Crippen LogP contribution is -2.43. The van der Waals surface area contributed by atoms with Crippen LogP contribution in [0.15, 0.2) is 0 Å². The van der Waals surface area contributed by atoms with Gasteiger partial charge in [0, 0.05) is 13.0 Å². The van der Waals surface area contributed by atoms with E-state index < -0.39 is 42.5 Å². The lowest BCUT2D eigenvalue weighted by atomic mass is 10.0. The minimum absolute atomic E-state index is 0.00375. The zero-order chi connectivity index (χ0) is 14.8. The second-order valence-corrected chi connectivity index (χ2v) is 5.72. The molecule has 2 unspecified atom stereocenters. The maximum absolute atomic E-state index is 12.3. The van der Waals surface area contributed by atoms with E-state index in [-0.39, 0.29) is 13.0 Å². The Morgan fingerprint density at radius 3 is 2.42 bits per heavy atom. The van der Waals surface area contributed by atoms with E-state index in [1.54, 1.807) is 20.8 Å². The molecule has 1 N–H and O–H groups in total. The van der Waals surface area contributed by atoms with Gasteiger partial charge < -0.3 is 9.84 Å². The summed E-state index contributed by atoms with van der Waals surface area (Å²) in [4.78, 5) is 24.0. The number of alkyl halides is 2. The van der Waals surface area contributed by atoms with E-state index in [0.29, 0.717) is 0 Å². The first kappa shape index (κ1) is 15.7. The number of hydrogen-bond acceptors (Lipinski definition) is 3. The maximum atomic E-state index is 12.3. The van der Waals surface area contributed by atoms with Crippen LogP contribution in [0.5, 0.6) is 0 Å². The van der Waals surface area contributed by atoms with Crippen molar-refractivity contribution in [1.29, 1.82) is 0 Å². The van der Waals surface area contributed by atoms with Crippen LogP contribution in [-0.4, -0.2) is 46.7 Å². The Kier molecular flexibility index (Phi) is 4.70. The molecular weight excluding hydrogens is 260 g/mol. The summed E-state index contributed by atoms with van der Waals surface area (Å²) in [6.07, 6.45) is -3.63. The number of rotatable bonds is 3. The predicted octanol–water partition coefficient (Wildman–Crippen LogP) is 2.35. The van der Waals surface area contributed by atoms with E-state index >= 15 is 0 Å². The Morgan fingerprint density at radius 1 is 1.42 bits per heavy atom. The van der Waals surface area contributed by atoms with Crippen LogP contribution >= 0.6 is 0 Å². The van der Waals surface area contributed by atoms with Crippen molar-refractivity contribution in [3.05, 3.63) is 0 Å². The number of carbonyl (C=O) groups excluding carboxylic acids is 1. The fourth-order valence-electron chi connectivity index (χ4n) is 2.10. The number of nitrogens with zero attached hydrogens (tertiary/aromatic N) is 1. The fraction of sp³-hybridized carbons (Fsp3) is 0.833. The zero-order valence-electron chi connectivity index (χ0n) is 11.2. The number of ether oxygens (including phenoxy) is 1. The van der Waals surface area contributed by atoms with Crippen LogP contribution in [0.1, 0.15) is 33.6 Å². The van der Waals surface area contributed by atoms with E-state index in [0.717, 1.165) is 4.90 Å². The minimum Gasteiger partial charge on any atom is -0.480 e. The molecule has 0 spiro atoms. The molecule has 0 radical (unpaired) electrons. The van der Waals surface area contributed by atoms with Gasteiger partial charge in [0.1, 0.15) is 11.6 Å². The molecule has 2 atom stereocenters. The molecule has 1 rings (SSSR count). The summed E-state index contributed by atoms with van der Waals surface area (Å²) in [5.41, 5.74) is -0.749. The lowest BCUT2D eigenvalue weighted by Gasteiger charge is -2.26. The second-order valence-electron chi connectivity index (χ2n) is 5.72. The van der Waals surface area contributed by atoms with E-state index in [2.05, 4.69) is 0 Å². The summed E-state index contributed by atoms with van der Waals surface area (Å²) in [6.45, 7) is 4.98. The Hall–Kier alpha value is -1.40. The molecule has 19 heavy (non-hydrogen) atoms. The van der Waals surface area contributed by atoms with Crippen molar-refractivity contribution >= 4 is 12.1 Å². The zero-order valence-corrected chi connectivity index (χ0v) is 11.2. The number of amides is 1. The van der Waals surface area contributed by atoms with Crippen LogP contribution in [0.3, 0.4) is 0 Å². The van der Waals surface area contributed by atoms with Gasteiger partial charge in [-0.05, 0) is 33.1 Å². The normalized spacial score (nSPS) is 23.8. The molecule has 1 heterocycles. The van der Waals surface area contributed by atoms with E-state index in [4.69, 9.17) is 9.84 Å². The molecule has 0 aliphatic carbocycles. The number of halogens is 2. The summed E-state index contributed by atoms with van der Waals surface area (Å²) in [5, 5.41) is 9.05. The van der Waals surface area contributed by atoms with Gasteiger partial charge in [-0.25, -0.2) is 18.4 Å². The number of carboxylic acids is 1. The summed E-state index contributed by atoms with van der Waals surface area (Å²) < 4.78 is 29.8. The second kappa shape index (κ2) is 5.71. The monoisotopic (exact) mass is 279 g/mol. The SMILES string of the molecule is CC(C)(C)OC(=O)N1CC(CC(F)F)CC1C(=O)O. The number of carboxylic acid groups (broad SMARTS) is 1. The fourth-order valence-corrected chi connectivity index (χ4v) is 2.10. The average molecular weight is 279 g/mol. The largest absolute Gasteiger partial charge is 0.480 e. The highest BCUT2D eigenvalue weighted by Crippen LogP contribution is 2.29. The summed E-state index contributed by atoms with van der Waals surface area (Å²) >= 11 is 0. The van der Waals surface area contributed by atoms with E-state index in [1.165, 1.54) is 0 Å². The van der Waals surface area contributed by atoms with Crippen LogP contribution in [0, 0.1) is 5.92 Å². The molecule has 5 nitrogen and oxygen atoms in total. The smallest absolute Gasteiger partial charge is 0.411 e. The van der Waals surface area contributed by atoms with Gasteiger partial charge in [0.2, 0.25) is 6.43 Å². The molecule has 1 amide bonds. The molecule has 110 valence electrons. The first-order chi connectivity index (χ1) is 8.60. The van der Waals surface area contributed by atoms with Gasteiger partial charge in [0.05, 0.1) is 0 Å². The highest BCUT2D eigenvalue weighted by atomic mass is 19.3. The van der Waals surface area contributed by atoms with Crippen molar-refractivity contribution in [2.24, 2.45) is 5.92 Å². The molecule has 0 aromatic rings. The Bertz CT molecular complexity index is 354. The Morgan fingerprint density at radius 2 is 2.00 bits per heavy atom. The first-order valence-electron chi connectivity index (χ1n) is 6.10. The van der Waals surface area contributed by atoms with Gasteiger partial charge in [-0.1, -0.05) is 0 Å². The molecule has 0 aromatic carbocycles. The van der Waals surface area contributed by atoms with Gasteiger partial charge in [-0.2, -0.15) is 0 Å². The quantitative estimate of drug-likeness (QED) is 0.861. The third-order valence-corrected chi connectivity index (χ3v) is 2.81. The summed E-state index contributed by atoms with van der Waals surface area (Å²) in [6, 6.07) is -1.08. The summed E-state index contributed by atoms with van der Waals surface area (Å²) in [7, 11) is 0. The molecular formula is C12H19F2NO4. The highest BCUT2D eigenvalue weighted by Gasteiger charge is 2.42. The van der Waals surface area contributed by atoms with Crippen LogP contribution in [0.2, 0.25) is 0 Å². The van der Waals surface area contributed by atoms with E-state index in [9.17, 15) is 18.4 Å². The first-order valence-corrected chi connectivity index (χ1v) is 6.10. The standard InChI is InChI=1S/C12H19F2NO4/c1-12(2,3)19-11(18)15-6-7(5-9(13)14)4-8(15)10(16)17/h7-9H,4-6H2,1-3H3,(H,16,17). The van der Waals surface area contributed by atoms with Crippen molar-refractivity contribution in [2.45, 2.75) is 51.7 Å². The number of carbonyl (C=O) groups is 2. The van der Waals surface area contributed by atoms with Crippen molar-refractivity contribution in [3.63, 3.8) is 0 Å². The molecule has 1 aliphatic heterocycles. The molecule has 1 aliphatic rings. The average Bonchev–Trinajstić information content (AvgIpc) is 2.57. The third-order valence-electron chi connectivity index (χ3n) is 2.81. The molecule has 7 heteroatoms. The van der Waals surface area contributed by atoms with Crippen molar-refractivity contribution in [2.75, 3.05) is 6.54 Å².